The van der Waals surface area contributed by atoms with E-state index < -0.39 is 0 Å². The standard InChI is InChI=1S/C6H6O.K.H/c7-6-4-2-1-3-5-6;;/h1-5,7H;;/q;+1;-1. The van der Waals surface area contributed by atoms with Gasteiger partial charge in [-0.25, -0.2) is 0 Å². The number of para-hydroxylation sites is 1. The Morgan fingerprint density at radius 3 is 1.88 bits per heavy atom. The zero-order valence-electron chi connectivity index (χ0n) is 5.83. The van der Waals surface area contributed by atoms with Crippen LogP contribution >= 0.6 is 0 Å². The number of benzene rings is 1. The summed E-state index contributed by atoms with van der Waals surface area (Å²) < 4.78 is 0. The Morgan fingerprint density at radius 2 is 1.62 bits per heavy atom. The van der Waals surface area contributed by atoms with Gasteiger partial charge in [0.2, 0.25) is 0 Å². The summed E-state index contributed by atoms with van der Waals surface area (Å²) in [6.45, 7) is 0. The van der Waals surface area contributed by atoms with E-state index in [0.717, 1.165) is 0 Å². The summed E-state index contributed by atoms with van der Waals surface area (Å²) in [5, 5.41) is 8.63. The molecule has 0 aliphatic rings. The number of phenols is 1. The molecule has 1 nitrogen and oxygen atoms in total. The fourth-order valence-electron chi connectivity index (χ4n) is 0.428. The van der Waals surface area contributed by atoms with Crippen molar-refractivity contribution in [3.8, 4) is 5.75 Å². The first kappa shape index (κ1) is 8.66. The molecule has 0 amide bonds. The third kappa shape index (κ3) is 2.84. The fraction of sp³-hybridized carbons (Fsp3) is 0. The topological polar surface area (TPSA) is 20.2 Å². The van der Waals surface area contributed by atoms with E-state index >= 15 is 0 Å². The summed E-state index contributed by atoms with van der Waals surface area (Å²) in [7, 11) is 0. The van der Waals surface area contributed by atoms with Crippen LogP contribution in [0.4, 0.5) is 0 Å². The Kier molecular flexibility index (Phi) is 4.90. The molecule has 0 bridgehead atoms. The molecule has 0 aliphatic heterocycles. The van der Waals surface area contributed by atoms with E-state index in [1.54, 1.807) is 24.3 Å². The molecule has 0 spiro atoms. The van der Waals surface area contributed by atoms with Crippen molar-refractivity contribution >= 4 is 0 Å². The van der Waals surface area contributed by atoms with Crippen molar-refractivity contribution in [2.75, 3.05) is 0 Å². The number of rotatable bonds is 0. The molecule has 38 valence electrons. The van der Waals surface area contributed by atoms with Crippen LogP contribution in [0.5, 0.6) is 5.75 Å². The van der Waals surface area contributed by atoms with E-state index in [-0.39, 0.29) is 52.8 Å². The van der Waals surface area contributed by atoms with Gasteiger partial charge in [-0.15, -0.1) is 0 Å². The van der Waals surface area contributed by atoms with Crippen LogP contribution < -0.4 is 51.4 Å². The van der Waals surface area contributed by atoms with Crippen molar-refractivity contribution in [3.05, 3.63) is 30.3 Å². The average Bonchev–Trinajstić information content (AvgIpc) is 1.69. The Balaban J connectivity index is 0. The van der Waals surface area contributed by atoms with E-state index in [2.05, 4.69) is 0 Å². The molecule has 0 aliphatic carbocycles. The van der Waals surface area contributed by atoms with Crippen LogP contribution in [0.25, 0.3) is 0 Å². The Hall–Kier alpha value is 0.656. The summed E-state index contributed by atoms with van der Waals surface area (Å²) in [5.74, 6) is 0.322. The fourth-order valence-corrected chi connectivity index (χ4v) is 0.428. The van der Waals surface area contributed by atoms with E-state index in [1.165, 1.54) is 0 Å². The third-order valence-corrected chi connectivity index (χ3v) is 0.756. The molecule has 0 aromatic heterocycles. The summed E-state index contributed by atoms with van der Waals surface area (Å²) in [4.78, 5) is 0. The normalized spacial score (nSPS) is 7.50. The minimum absolute atomic E-state index is 0. The molecule has 0 heterocycles. The second-order valence-electron chi connectivity index (χ2n) is 1.34. The Morgan fingerprint density at radius 1 is 1.12 bits per heavy atom. The van der Waals surface area contributed by atoms with Gasteiger partial charge in [-0.05, 0) is 12.1 Å². The third-order valence-electron chi connectivity index (χ3n) is 0.756. The van der Waals surface area contributed by atoms with Crippen molar-refractivity contribution in [3.63, 3.8) is 0 Å². The van der Waals surface area contributed by atoms with Crippen molar-refractivity contribution in [2.24, 2.45) is 0 Å². The molecule has 1 aromatic rings. The van der Waals surface area contributed by atoms with Gasteiger partial charge in [0.05, 0.1) is 0 Å². The van der Waals surface area contributed by atoms with E-state index in [4.69, 9.17) is 5.11 Å². The Bertz CT molecular complexity index is 143. The van der Waals surface area contributed by atoms with Crippen LogP contribution in [-0.2, 0) is 0 Å². The summed E-state index contributed by atoms with van der Waals surface area (Å²) in [6.07, 6.45) is 0. The maximum Gasteiger partial charge on any atom is 1.00 e. The van der Waals surface area contributed by atoms with Crippen LogP contribution in [-0.4, -0.2) is 5.11 Å². The van der Waals surface area contributed by atoms with Gasteiger partial charge in [-0.2, -0.15) is 0 Å². The first-order valence-corrected chi connectivity index (χ1v) is 2.13. The summed E-state index contributed by atoms with van der Waals surface area (Å²) >= 11 is 0. The average molecular weight is 134 g/mol. The first-order chi connectivity index (χ1) is 3.39. The maximum atomic E-state index is 8.63. The summed E-state index contributed by atoms with van der Waals surface area (Å²) in [6, 6.07) is 8.71. The van der Waals surface area contributed by atoms with Gasteiger partial charge in [0.15, 0.2) is 0 Å². The van der Waals surface area contributed by atoms with Gasteiger partial charge in [0, 0.05) is 0 Å². The monoisotopic (exact) mass is 134 g/mol. The van der Waals surface area contributed by atoms with Crippen molar-refractivity contribution < 1.29 is 57.9 Å². The van der Waals surface area contributed by atoms with Gasteiger partial charge >= 0.3 is 51.4 Å². The smallest absolute Gasteiger partial charge is 1.00 e. The van der Waals surface area contributed by atoms with Crippen LogP contribution in [0.15, 0.2) is 30.3 Å². The van der Waals surface area contributed by atoms with E-state index in [0.29, 0.717) is 5.75 Å². The Labute approximate surface area is 92.6 Å². The minimum atomic E-state index is 0. The molecule has 0 saturated heterocycles. The molecule has 1 aromatic carbocycles. The number of aromatic hydroxyl groups is 1. The molecule has 1 N–H and O–H groups in total. The quantitative estimate of drug-likeness (QED) is 0.429. The zero-order valence-corrected chi connectivity index (χ0v) is 7.96. The van der Waals surface area contributed by atoms with Crippen molar-refractivity contribution in [1.82, 2.24) is 0 Å². The van der Waals surface area contributed by atoms with Crippen molar-refractivity contribution in [2.45, 2.75) is 0 Å². The van der Waals surface area contributed by atoms with Gasteiger partial charge < -0.3 is 6.53 Å². The van der Waals surface area contributed by atoms with Gasteiger partial charge in [-0.3, -0.25) is 0 Å². The summed E-state index contributed by atoms with van der Waals surface area (Å²) in [5.41, 5.74) is 0. The molecule has 0 atom stereocenters. The number of hydrogen-bond acceptors (Lipinski definition) is 1. The molecule has 0 unspecified atom stereocenters. The second kappa shape index (κ2) is 4.53. The molecule has 1 rings (SSSR count). The molecule has 8 heavy (non-hydrogen) atoms. The largest absolute Gasteiger partial charge is 1.00 e. The molecule has 0 radical (unpaired) electrons. The molecule has 2 heteroatoms. The predicted molar refractivity (Wildman–Crippen MR) is 29.2 cm³/mol. The van der Waals surface area contributed by atoms with Crippen LogP contribution in [0.2, 0.25) is 0 Å². The van der Waals surface area contributed by atoms with Crippen molar-refractivity contribution in [1.29, 1.82) is 0 Å². The van der Waals surface area contributed by atoms with Gasteiger partial charge in [0.25, 0.3) is 0 Å². The maximum absolute atomic E-state index is 8.63. The molecule has 0 fully saturated rings. The predicted octanol–water partition coefficient (Wildman–Crippen LogP) is -1.49. The first-order valence-electron chi connectivity index (χ1n) is 2.13. The minimum Gasteiger partial charge on any atom is -1.00 e. The van der Waals surface area contributed by atoms with Crippen LogP contribution in [0, 0.1) is 0 Å². The van der Waals surface area contributed by atoms with Crippen LogP contribution in [0.1, 0.15) is 1.43 Å². The van der Waals surface area contributed by atoms with E-state index in [1.807, 2.05) is 6.07 Å². The number of phenolic OH excluding ortho intramolecular Hbond substituents is 1. The van der Waals surface area contributed by atoms with Gasteiger partial charge in [0.1, 0.15) is 5.75 Å². The van der Waals surface area contributed by atoms with Crippen LogP contribution in [0.3, 0.4) is 0 Å². The molecule has 0 saturated carbocycles. The zero-order chi connectivity index (χ0) is 5.11. The molecular weight excluding hydrogens is 127 g/mol. The second-order valence-corrected chi connectivity index (χ2v) is 1.34. The molecular formula is C6H7KO. The van der Waals surface area contributed by atoms with E-state index in [9.17, 15) is 0 Å². The number of hydrogen-bond donors (Lipinski definition) is 1. The SMILES string of the molecule is Oc1ccccc1.[H-].[K+]. The van der Waals surface area contributed by atoms with Gasteiger partial charge in [-0.1, -0.05) is 18.2 Å².